The summed E-state index contributed by atoms with van der Waals surface area (Å²) in [6.45, 7) is 0.768. The van der Waals surface area contributed by atoms with Crippen LogP contribution in [-0.4, -0.2) is 24.4 Å². The first kappa shape index (κ1) is 17.6. The summed E-state index contributed by atoms with van der Waals surface area (Å²) in [5, 5.41) is 13.0. The summed E-state index contributed by atoms with van der Waals surface area (Å²) in [6.07, 6.45) is 4.17. The van der Waals surface area contributed by atoms with Crippen LogP contribution in [0.2, 0.25) is 0 Å². The van der Waals surface area contributed by atoms with Crippen molar-refractivity contribution in [2.75, 3.05) is 18.9 Å². The molecule has 0 saturated heterocycles. The Labute approximate surface area is 150 Å². The van der Waals surface area contributed by atoms with Crippen molar-refractivity contribution in [2.45, 2.75) is 32.2 Å². The quantitative estimate of drug-likeness (QED) is 0.887. The number of hydrogen-bond donors (Lipinski definition) is 1. The Bertz CT molecular complexity index is 807. The minimum Gasteiger partial charge on any atom is -0.315 e. The normalized spacial score (nSPS) is 13.4. The second-order valence-corrected chi connectivity index (χ2v) is 7.48. The smallest absolute Gasteiger partial charge is 0.239 e. The van der Waals surface area contributed by atoms with Crippen molar-refractivity contribution in [3.8, 4) is 6.07 Å². The molecule has 0 radical (unpaired) electrons. The number of carbonyl (C=O) groups excluding carboxylic acids is 1. The van der Waals surface area contributed by atoms with E-state index in [4.69, 9.17) is 0 Å². The van der Waals surface area contributed by atoms with Crippen LogP contribution in [0, 0.1) is 17.1 Å². The van der Waals surface area contributed by atoms with E-state index in [9.17, 15) is 14.4 Å². The summed E-state index contributed by atoms with van der Waals surface area (Å²) in [6, 6.07) is 8.51. The summed E-state index contributed by atoms with van der Waals surface area (Å²) in [5.41, 5.74) is 2.70. The van der Waals surface area contributed by atoms with E-state index in [1.54, 1.807) is 12.1 Å². The molecule has 6 heteroatoms. The lowest BCUT2D eigenvalue weighted by molar-refractivity contribution is -0.117. The standard InChI is InChI=1S/C19H20FN3OS/c1-23(11-13-6-8-14(20)9-7-13)12-18(24)22-19-16(10-21)15-4-2-3-5-17(15)25-19/h6-9H,2-5,11-12H2,1H3,(H,22,24). The number of carbonyl (C=O) groups is 1. The molecule has 0 fully saturated rings. The maximum absolute atomic E-state index is 12.9. The summed E-state index contributed by atoms with van der Waals surface area (Å²) in [5.74, 6) is -0.408. The number of nitrogens with one attached hydrogen (secondary N) is 1. The van der Waals surface area contributed by atoms with Crippen LogP contribution >= 0.6 is 11.3 Å². The van der Waals surface area contributed by atoms with Gasteiger partial charge in [-0.05, 0) is 56.0 Å². The molecule has 1 heterocycles. The maximum atomic E-state index is 12.9. The van der Waals surface area contributed by atoms with Crippen LogP contribution in [0.25, 0.3) is 0 Å². The summed E-state index contributed by atoms with van der Waals surface area (Å²) in [4.78, 5) is 15.4. The minimum atomic E-state index is -0.269. The van der Waals surface area contributed by atoms with Crippen molar-refractivity contribution >= 4 is 22.2 Å². The molecule has 25 heavy (non-hydrogen) atoms. The third-order valence-corrected chi connectivity index (χ3v) is 5.52. The fourth-order valence-electron chi connectivity index (χ4n) is 3.14. The number of benzene rings is 1. The fraction of sp³-hybridized carbons (Fsp3) is 0.368. The first-order valence-electron chi connectivity index (χ1n) is 8.34. The van der Waals surface area contributed by atoms with Gasteiger partial charge in [-0.3, -0.25) is 9.69 Å². The van der Waals surface area contributed by atoms with E-state index >= 15 is 0 Å². The van der Waals surface area contributed by atoms with Crippen molar-refractivity contribution < 1.29 is 9.18 Å². The summed E-state index contributed by atoms with van der Waals surface area (Å²) < 4.78 is 12.9. The van der Waals surface area contributed by atoms with E-state index in [0.29, 0.717) is 17.1 Å². The number of amides is 1. The lowest BCUT2D eigenvalue weighted by atomic mass is 9.96. The van der Waals surface area contributed by atoms with Crippen molar-refractivity contribution in [1.82, 2.24) is 4.90 Å². The second kappa shape index (κ2) is 7.77. The number of hydrogen-bond acceptors (Lipinski definition) is 4. The van der Waals surface area contributed by atoms with E-state index in [0.717, 1.165) is 36.8 Å². The Morgan fingerprint density at radius 1 is 1.32 bits per heavy atom. The molecule has 130 valence electrons. The average molecular weight is 357 g/mol. The number of aryl methyl sites for hydroxylation is 1. The zero-order valence-corrected chi connectivity index (χ0v) is 15.0. The lowest BCUT2D eigenvalue weighted by Gasteiger charge is -2.16. The molecule has 1 amide bonds. The topological polar surface area (TPSA) is 56.1 Å². The van der Waals surface area contributed by atoms with E-state index in [-0.39, 0.29) is 18.3 Å². The van der Waals surface area contributed by atoms with Crippen molar-refractivity contribution in [1.29, 1.82) is 5.26 Å². The third kappa shape index (κ3) is 4.25. The third-order valence-electron chi connectivity index (χ3n) is 4.32. The molecule has 0 bridgehead atoms. The Balaban J connectivity index is 1.62. The van der Waals surface area contributed by atoms with E-state index in [1.807, 2.05) is 11.9 Å². The Morgan fingerprint density at radius 3 is 2.76 bits per heavy atom. The molecule has 1 aliphatic rings. The molecule has 0 spiro atoms. The molecule has 4 nitrogen and oxygen atoms in total. The number of rotatable bonds is 5. The highest BCUT2D eigenvalue weighted by Crippen LogP contribution is 2.37. The van der Waals surface area contributed by atoms with Gasteiger partial charge in [0.1, 0.15) is 16.9 Å². The lowest BCUT2D eigenvalue weighted by Crippen LogP contribution is -2.29. The highest BCUT2D eigenvalue weighted by molar-refractivity contribution is 7.16. The number of nitrogens with zero attached hydrogens (tertiary/aromatic N) is 2. The van der Waals surface area contributed by atoms with Gasteiger partial charge in [0.2, 0.25) is 5.91 Å². The molecule has 1 N–H and O–H groups in total. The van der Waals surface area contributed by atoms with Gasteiger partial charge in [0.15, 0.2) is 0 Å². The second-order valence-electron chi connectivity index (χ2n) is 6.37. The molecule has 0 aliphatic heterocycles. The first-order chi connectivity index (χ1) is 12.1. The average Bonchev–Trinajstić information content (AvgIpc) is 2.93. The Hall–Kier alpha value is -2.23. The van der Waals surface area contributed by atoms with Gasteiger partial charge in [-0.15, -0.1) is 11.3 Å². The zero-order chi connectivity index (χ0) is 17.8. The first-order valence-corrected chi connectivity index (χ1v) is 9.16. The van der Waals surface area contributed by atoms with Crippen LogP contribution in [0.5, 0.6) is 0 Å². The summed E-state index contributed by atoms with van der Waals surface area (Å²) >= 11 is 1.53. The van der Waals surface area contributed by atoms with Crippen molar-refractivity contribution in [3.05, 3.63) is 51.7 Å². The summed E-state index contributed by atoms with van der Waals surface area (Å²) in [7, 11) is 1.84. The van der Waals surface area contributed by atoms with Crippen LogP contribution in [0.15, 0.2) is 24.3 Å². The number of likely N-dealkylation sites (N-methyl/N-ethyl adjacent to an activating group) is 1. The number of anilines is 1. The van der Waals surface area contributed by atoms with Crippen molar-refractivity contribution in [3.63, 3.8) is 0 Å². The number of nitriles is 1. The SMILES string of the molecule is CN(CC(=O)Nc1sc2c(c1C#N)CCCC2)Cc1ccc(F)cc1. The van der Waals surface area contributed by atoms with Gasteiger partial charge in [-0.2, -0.15) is 5.26 Å². The van der Waals surface area contributed by atoms with Crippen molar-refractivity contribution in [2.24, 2.45) is 0 Å². The Kier molecular flexibility index (Phi) is 5.47. The molecule has 1 aromatic heterocycles. The predicted molar refractivity (Wildman–Crippen MR) is 97.0 cm³/mol. The number of thiophene rings is 1. The van der Waals surface area contributed by atoms with E-state index < -0.39 is 0 Å². The number of fused-ring (bicyclic) bond motifs is 1. The molecule has 2 aromatic rings. The van der Waals surface area contributed by atoms with Gasteiger partial charge in [0.05, 0.1) is 12.1 Å². The Morgan fingerprint density at radius 2 is 2.04 bits per heavy atom. The zero-order valence-electron chi connectivity index (χ0n) is 14.1. The van der Waals surface area contributed by atoms with Gasteiger partial charge in [-0.1, -0.05) is 12.1 Å². The molecular weight excluding hydrogens is 337 g/mol. The van der Waals surface area contributed by atoms with Gasteiger partial charge in [0, 0.05) is 11.4 Å². The van der Waals surface area contributed by atoms with Gasteiger partial charge in [-0.25, -0.2) is 4.39 Å². The molecule has 0 atom stereocenters. The monoisotopic (exact) mass is 357 g/mol. The van der Waals surface area contributed by atoms with Crippen LogP contribution in [0.1, 0.15) is 34.4 Å². The molecular formula is C19H20FN3OS. The molecule has 1 aromatic carbocycles. The molecule has 0 saturated carbocycles. The van der Waals surface area contributed by atoms with Gasteiger partial charge >= 0.3 is 0 Å². The molecule has 1 aliphatic carbocycles. The highest BCUT2D eigenvalue weighted by Gasteiger charge is 2.22. The maximum Gasteiger partial charge on any atom is 0.239 e. The highest BCUT2D eigenvalue weighted by atomic mass is 32.1. The number of halogens is 1. The largest absolute Gasteiger partial charge is 0.315 e. The van der Waals surface area contributed by atoms with Gasteiger partial charge in [0.25, 0.3) is 0 Å². The van der Waals surface area contributed by atoms with Gasteiger partial charge < -0.3 is 5.32 Å². The minimum absolute atomic E-state index is 0.139. The molecule has 0 unspecified atom stereocenters. The van der Waals surface area contributed by atoms with E-state index in [1.165, 1.54) is 28.3 Å². The molecule has 3 rings (SSSR count). The van der Waals surface area contributed by atoms with Crippen LogP contribution < -0.4 is 5.32 Å². The van der Waals surface area contributed by atoms with Crippen LogP contribution in [0.4, 0.5) is 9.39 Å². The van der Waals surface area contributed by atoms with Crippen LogP contribution in [-0.2, 0) is 24.2 Å². The van der Waals surface area contributed by atoms with Crippen LogP contribution in [0.3, 0.4) is 0 Å². The predicted octanol–water partition coefficient (Wildman–Crippen LogP) is 3.71. The van der Waals surface area contributed by atoms with E-state index in [2.05, 4.69) is 11.4 Å². The fourth-order valence-corrected chi connectivity index (χ4v) is 4.40.